The smallest absolute Gasteiger partial charge is 0.183 e. The first-order valence-electron chi connectivity index (χ1n) is 5.88. The fourth-order valence-corrected chi connectivity index (χ4v) is 3.01. The highest BCUT2D eigenvalue weighted by Crippen LogP contribution is 2.37. The minimum Gasteiger partial charge on any atom is -0.365 e. The van der Waals surface area contributed by atoms with Gasteiger partial charge in [0, 0.05) is 18.7 Å². The summed E-state index contributed by atoms with van der Waals surface area (Å²) in [6.45, 7) is 2.11. The number of aromatic nitrogens is 1. The summed E-state index contributed by atoms with van der Waals surface area (Å²) in [5, 5.41) is 8.30. The fourth-order valence-electron chi connectivity index (χ4n) is 1.71. The Kier molecular flexibility index (Phi) is 4.68. The van der Waals surface area contributed by atoms with Gasteiger partial charge in [0.25, 0.3) is 0 Å². The van der Waals surface area contributed by atoms with Crippen LogP contribution in [0.3, 0.4) is 0 Å². The zero-order chi connectivity index (χ0) is 14.0. The summed E-state index contributed by atoms with van der Waals surface area (Å²) in [4.78, 5) is 5.78. The second-order valence-corrected chi connectivity index (χ2v) is 5.97. The molecular formula is C13H15Cl2N3S. The van der Waals surface area contributed by atoms with Crippen molar-refractivity contribution in [2.45, 2.75) is 13.0 Å². The first-order valence-corrected chi connectivity index (χ1v) is 7.45. The number of rotatable bonds is 4. The third-order valence-corrected chi connectivity index (χ3v) is 4.88. The summed E-state index contributed by atoms with van der Waals surface area (Å²) in [7, 11) is 3.80. The van der Waals surface area contributed by atoms with E-state index in [1.54, 1.807) is 17.4 Å². The van der Waals surface area contributed by atoms with Gasteiger partial charge in [-0.2, -0.15) is 0 Å². The second kappa shape index (κ2) is 6.09. The van der Waals surface area contributed by atoms with Crippen molar-refractivity contribution in [1.82, 2.24) is 10.3 Å². The van der Waals surface area contributed by atoms with Gasteiger partial charge in [-0.25, -0.2) is 4.98 Å². The minimum absolute atomic E-state index is 0.226. The molecule has 0 saturated carbocycles. The Morgan fingerprint density at radius 3 is 2.53 bits per heavy atom. The molecule has 1 aromatic carbocycles. The molecule has 0 saturated heterocycles. The largest absolute Gasteiger partial charge is 0.365 e. The maximum absolute atomic E-state index is 6.08. The molecule has 102 valence electrons. The number of nitrogens with zero attached hydrogens (tertiary/aromatic N) is 1. The molecule has 0 bridgehead atoms. The molecular weight excluding hydrogens is 301 g/mol. The molecule has 0 fully saturated rings. The molecule has 0 spiro atoms. The van der Waals surface area contributed by atoms with Crippen molar-refractivity contribution in [2.24, 2.45) is 0 Å². The van der Waals surface area contributed by atoms with Gasteiger partial charge in [0.15, 0.2) is 5.13 Å². The third-order valence-electron chi connectivity index (χ3n) is 2.89. The Balaban J connectivity index is 2.53. The molecule has 19 heavy (non-hydrogen) atoms. The molecule has 0 aliphatic carbocycles. The molecule has 2 rings (SSSR count). The minimum atomic E-state index is 0.226. The van der Waals surface area contributed by atoms with Gasteiger partial charge < -0.3 is 10.6 Å². The van der Waals surface area contributed by atoms with E-state index in [2.05, 4.69) is 22.5 Å². The zero-order valence-electron chi connectivity index (χ0n) is 10.9. The normalized spacial score (nSPS) is 12.5. The van der Waals surface area contributed by atoms with Crippen molar-refractivity contribution in [3.8, 4) is 11.3 Å². The highest BCUT2D eigenvalue weighted by molar-refractivity contribution is 7.16. The molecule has 1 heterocycles. The van der Waals surface area contributed by atoms with E-state index in [1.807, 2.05) is 26.2 Å². The Morgan fingerprint density at radius 1 is 1.21 bits per heavy atom. The highest BCUT2D eigenvalue weighted by Gasteiger charge is 2.17. The van der Waals surface area contributed by atoms with Crippen molar-refractivity contribution in [1.29, 1.82) is 0 Å². The lowest BCUT2D eigenvalue weighted by Gasteiger charge is -2.10. The number of halogens is 2. The van der Waals surface area contributed by atoms with Crippen molar-refractivity contribution in [3.05, 3.63) is 33.1 Å². The van der Waals surface area contributed by atoms with Crippen LogP contribution in [0.2, 0.25) is 10.0 Å². The maximum atomic E-state index is 6.08. The summed E-state index contributed by atoms with van der Waals surface area (Å²) in [5.74, 6) is 0. The lowest BCUT2D eigenvalue weighted by molar-refractivity contribution is 0.664. The SMILES string of the molecule is CNc1nc(-c2ccc(Cl)c(Cl)c2)c(C(C)NC)s1. The van der Waals surface area contributed by atoms with E-state index in [0.29, 0.717) is 10.0 Å². The van der Waals surface area contributed by atoms with E-state index in [1.165, 1.54) is 4.88 Å². The Morgan fingerprint density at radius 2 is 1.95 bits per heavy atom. The van der Waals surface area contributed by atoms with Crippen LogP contribution in [0.15, 0.2) is 18.2 Å². The van der Waals surface area contributed by atoms with E-state index in [0.717, 1.165) is 16.4 Å². The van der Waals surface area contributed by atoms with Gasteiger partial charge in [-0.15, -0.1) is 0 Å². The van der Waals surface area contributed by atoms with E-state index >= 15 is 0 Å². The number of hydrogen-bond acceptors (Lipinski definition) is 4. The van der Waals surface area contributed by atoms with Crippen LogP contribution < -0.4 is 10.6 Å². The van der Waals surface area contributed by atoms with Crippen LogP contribution in [0, 0.1) is 0 Å². The maximum Gasteiger partial charge on any atom is 0.183 e. The van der Waals surface area contributed by atoms with Gasteiger partial charge in [0.1, 0.15) is 0 Å². The molecule has 0 aliphatic heterocycles. The molecule has 2 aromatic rings. The number of benzene rings is 1. The molecule has 0 aliphatic rings. The number of nitrogens with one attached hydrogen (secondary N) is 2. The molecule has 1 aromatic heterocycles. The fraction of sp³-hybridized carbons (Fsp3) is 0.308. The van der Waals surface area contributed by atoms with Crippen LogP contribution in [-0.2, 0) is 0 Å². The second-order valence-electron chi connectivity index (χ2n) is 4.12. The van der Waals surface area contributed by atoms with E-state index < -0.39 is 0 Å². The van der Waals surface area contributed by atoms with Crippen molar-refractivity contribution < 1.29 is 0 Å². The molecule has 1 unspecified atom stereocenters. The lowest BCUT2D eigenvalue weighted by atomic mass is 10.1. The van der Waals surface area contributed by atoms with Crippen molar-refractivity contribution >= 4 is 39.7 Å². The third kappa shape index (κ3) is 3.03. The van der Waals surface area contributed by atoms with Gasteiger partial charge in [-0.05, 0) is 26.1 Å². The Hall–Kier alpha value is -0.810. The predicted molar refractivity (Wildman–Crippen MR) is 84.6 cm³/mol. The Labute approximate surface area is 127 Å². The number of thiazole rings is 1. The van der Waals surface area contributed by atoms with Crippen molar-refractivity contribution in [3.63, 3.8) is 0 Å². The average Bonchev–Trinajstić information content (AvgIpc) is 2.85. The molecule has 0 amide bonds. The van der Waals surface area contributed by atoms with Crippen LogP contribution >= 0.6 is 34.5 Å². The van der Waals surface area contributed by atoms with E-state index in [4.69, 9.17) is 23.2 Å². The first-order chi connectivity index (χ1) is 9.06. The van der Waals surface area contributed by atoms with Gasteiger partial charge in [-0.1, -0.05) is 40.6 Å². The summed E-state index contributed by atoms with van der Waals surface area (Å²) >= 11 is 13.7. The van der Waals surface area contributed by atoms with Gasteiger partial charge >= 0.3 is 0 Å². The number of hydrogen-bond donors (Lipinski definition) is 2. The van der Waals surface area contributed by atoms with Crippen LogP contribution in [-0.4, -0.2) is 19.1 Å². The zero-order valence-corrected chi connectivity index (χ0v) is 13.2. The lowest BCUT2D eigenvalue weighted by Crippen LogP contribution is -2.11. The van der Waals surface area contributed by atoms with E-state index in [9.17, 15) is 0 Å². The molecule has 1 atom stereocenters. The molecule has 6 heteroatoms. The molecule has 2 N–H and O–H groups in total. The summed E-state index contributed by atoms with van der Waals surface area (Å²) in [6, 6.07) is 5.81. The van der Waals surface area contributed by atoms with Gasteiger partial charge in [0.05, 0.1) is 20.6 Å². The average molecular weight is 316 g/mol. The van der Waals surface area contributed by atoms with Crippen LogP contribution in [0.5, 0.6) is 0 Å². The molecule has 3 nitrogen and oxygen atoms in total. The van der Waals surface area contributed by atoms with Crippen molar-refractivity contribution in [2.75, 3.05) is 19.4 Å². The van der Waals surface area contributed by atoms with E-state index in [-0.39, 0.29) is 6.04 Å². The highest BCUT2D eigenvalue weighted by atomic mass is 35.5. The van der Waals surface area contributed by atoms with Crippen LogP contribution in [0.1, 0.15) is 17.8 Å². The topological polar surface area (TPSA) is 37.0 Å². The summed E-state index contributed by atoms with van der Waals surface area (Å²) in [5.41, 5.74) is 1.92. The van der Waals surface area contributed by atoms with Gasteiger partial charge in [0.2, 0.25) is 0 Å². The van der Waals surface area contributed by atoms with Gasteiger partial charge in [-0.3, -0.25) is 0 Å². The molecule has 0 radical (unpaired) electrons. The monoisotopic (exact) mass is 315 g/mol. The Bertz CT molecular complexity index is 583. The standard InChI is InChI=1S/C13H15Cl2N3S/c1-7(16-2)12-11(18-13(17-3)19-12)8-4-5-9(14)10(15)6-8/h4-7,16H,1-3H3,(H,17,18). The van der Waals surface area contributed by atoms with Crippen LogP contribution in [0.4, 0.5) is 5.13 Å². The quantitative estimate of drug-likeness (QED) is 0.875. The first kappa shape index (κ1) is 14.6. The predicted octanol–water partition coefficient (Wildman–Crippen LogP) is 4.44. The number of anilines is 1. The summed E-state index contributed by atoms with van der Waals surface area (Å²) < 4.78 is 0. The summed E-state index contributed by atoms with van der Waals surface area (Å²) in [6.07, 6.45) is 0. The van der Waals surface area contributed by atoms with Crippen LogP contribution in [0.25, 0.3) is 11.3 Å².